The molecule has 1 aliphatic carbocycles. The summed E-state index contributed by atoms with van der Waals surface area (Å²) < 4.78 is 56.6. The fourth-order valence-electron chi connectivity index (χ4n) is 3.15. The van der Waals surface area contributed by atoms with Crippen molar-refractivity contribution in [3.8, 4) is 0 Å². The smallest absolute Gasteiger partial charge is 0.341 e. The van der Waals surface area contributed by atoms with Crippen LogP contribution in [-0.4, -0.2) is 26.9 Å². The van der Waals surface area contributed by atoms with Gasteiger partial charge in [0.1, 0.15) is 18.0 Å². The van der Waals surface area contributed by atoms with Crippen molar-refractivity contribution in [2.24, 2.45) is 15.6 Å². The Morgan fingerprint density at radius 3 is 2.67 bits per heavy atom. The summed E-state index contributed by atoms with van der Waals surface area (Å²) in [5.74, 6) is 3.46. The fourth-order valence-corrected chi connectivity index (χ4v) is 3.62. The van der Waals surface area contributed by atoms with Crippen LogP contribution in [0.2, 0.25) is 0 Å². The van der Waals surface area contributed by atoms with Crippen LogP contribution in [0.4, 0.5) is 4.39 Å². The number of ether oxygens (including phenoxy) is 2. The average molecular weight is 359 g/mol. The highest BCUT2D eigenvalue weighted by atomic mass is 32.2. The van der Waals surface area contributed by atoms with Crippen molar-refractivity contribution in [2.75, 3.05) is 6.61 Å². The number of nitrogens with two attached hydrogens (primary N) is 1. The molecular formula is C14H18FN3O5S. The minimum absolute atomic E-state index is 0.299. The molecule has 3 rings (SSSR count). The molecule has 2 fully saturated rings. The van der Waals surface area contributed by atoms with Crippen LogP contribution in [0.1, 0.15) is 37.4 Å². The quantitative estimate of drug-likeness (QED) is 0.490. The van der Waals surface area contributed by atoms with Crippen molar-refractivity contribution in [2.45, 2.75) is 43.7 Å². The normalized spacial score (nSPS) is 26.5. The Balaban J connectivity index is 1.82. The van der Waals surface area contributed by atoms with E-state index in [1.54, 1.807) is 18.2 Å². The van der Waals surface area contributed by atoms with E-state index < -0.39 is 34.1 Å². The number of nitrogens with zero attached hydrogens (tertiary/aromatic N) is 2. The second-order valence-electron chi connectivity index (χ2n) is 5.74. The van der Waals surface area contributed by atoms with Crippen molar-refractivity contribution in [1.29, 1.82) is 0 Å². The lowest BCUT2D eigenvalue weighted by Gasteiger charge is -2.22. The molecule has 2 N–H and O–H groups in total. The van der Waals surface area contributed by atoms with Gasteiger partial charge in [0, 0.05) is 18.4 Å². The third kappa shape index (κ3) is 3.56. The molecule has 0 bridgehead atoms. The molecule has 1 aromatic carbocycles. The molecule has 1 aliphatic heterocycles. The maximum absolute atomic E-state index is 14.1. The molecular weight excluding hydrogens is 341 g/mol. The summed E-state index contributed by atoms with van der Waals surface area (Å²) in [5, 5.41) is 2.69. The van der Waals surface area contributed by atoms with Crippen LogP contribution >= 0.6 is 0 Å². The molecule has 2 atom stereocenters. The van der Waals surface area contributed by atoms with Crippen LogP contribution in [-0.2, 0) is 24.0 Å². The molecule has 1 aromatic rings. The molecule has 2 aliphatic rings. The number of halogens is 1. The van der Waals surface area contributed by atoms with Gasteiger partial charge in [-0.15, -0.1) is 0 Å². The molecule has 132 valence electrons. The van der Waals surface area contributed by atoms with Crippen molar-refractivity contribution >= 4 is 10.3 Å². The van der Waals surface area contributed by atoms with Crippen LogP contribution in [0.5, 0.6) is 0 Å². The predicted molar refractivity (Wildman–Crippen MR) is 80.2 cm³/mol. The lowest BCUT2D eigenvalue weighted by atomic mass is 10.0. The van der Waals surface area contributed by atoms with Gasteiger partial charge in [0.15, 0.2) is 5.79 Å². The minimum Gasteiger partial charge on any atom is -0.341 e. The summed E-state index contributed by atoms with van der Waals surface area (Å²) in [6, 6.07) is 6.14. The van der Waals surface area contributed by atoms with E-state index in [-0.39, 0.29) is 6.61 Å². The molecule has 10 heteroatoms. The van der Waals surface area contributed by atoms with Crippen LogP contribution in [0, 0.1) is 5.82 Å². The second kappa shape index (κ2) is 6.71. The van der Waals surface area contributed by atoms with Gasteiger partial charge in [-0.25, -0.2) is 8.57 Å². The van der Waals surface area contributed by atoms with Crippen LogP contribution in [0.15, 0.2) is 34.0 Å². The van der Waals surface area contributed by atoms with E-state index in [0.717, 1.165) is 12.8 Å². The first kappa shape index (κ1) is 17.2. The number of rotatable bonds is 5. The zero-order valence-corrected chi connectivity index (χ0v) is 13.6. The van der Waals surface area contributed by atoms with Gasteiger partial charge in [0.05, 0.1) is 6.61 Å². The zero-order chi connectivity index (χ0) is 17.2. The Labute approximate surface area is 139 Å². The first-order valence-corrected chi connectivity index (χ1v) is 8.93. The number of hydrogen-bond acceptors (Lipinski definition) is 6. The monoisotopic (exact) mass is 359 g/mol. The molecule has 8 nitrogen and oxygen atoms in total. The van der Waals surface area contributed by atoms with E-state index in [4.69, 9.17) is 19.5 Å². The first-order valence-electron chi connectivity index (χ1n) is 7.56. The second-order valence-corrected chi connectivity index (χ2v) is 7.00. The van der Waals surface area contributed by atoms with Crippen LogP contribution < -0.4 is 5.84 Å². The Morgan fingerprint density at radius 1 is 1.29 bits per heavy atom. The maximum atomic E-state index is 14.1. The third-order valence-corrected chi connectivity index (χ3v) is 4.88. The van der Waals surface area contributed by atoms with Crippen molar-refractivity contribution in [3.05, 3.63) is 35.6 Å². The molecule has 0 amide bonds. The Morgan fingerprint density at radius 2 is 2.00 bits per heavy atom. The summed E-state index contributed by atoms with van der Waals surface area (Å²) in [6.45, 7) is -0.373. The lowest BCUT2D eigenvalue weighted by molar-refractivity contribution is -0.171. The fraction of sp³-hybridized carbons (Fsp3) is 0.571. The maximum Gasteiger partial charge on any atom is 0.400 e. The van der Waals surface area contributed by atoms with Gasteiger partial charge in [-0.2, -0.15) is 8.42 Å². The minimum atomic E-state index is -4.27. The summed E-state index contributed by atoms with van der Waals surface area (Å²) in [4.78, 5) is 0. The SMILES string of the molecule is NN=NS(=O)(=O)OC[C@@H]1OC2(CCCC2)O[C@H]1c1ccccc1F. The van der Waals surface area contributed by atoms with Gasteiger partial charge in [-0.3, -0.25) is 0 Å². The molecule has 1 spiro atoms. The van der Waals surface area contributed by atoms with Crippen molar-refractivity contribution in [3.63, 3.8) is 0 Å². The van der Waals surface area contributed by atoms with E-state index in [1.807, 2.05) is 0 Å². The van der Waals surface area contributed by atoms with Crippen LogP contribution in [0.3, 0.4) is 0 Å². The van der Waals surface area contributed by atoms with Crippen molar-refractivity contribution in [1.82, 2.24) is 0 Å². The topological polar surface area (TPSA) is 113 Å². The highest BCUT2D eigenvalue weighted by Crippen LogP contribution is 2.47. The molecule has 0 aromatic heterocycles. The first-order chi connectivity index (χ1) is 11.4. The highest BCUT2D eigenvalue weighted by Gasteiger charge is 2.50. The van der Waals surface area contributed by atoms with E-state index in [9.17, 15) is 12.8 Å². The summed E-state index contributed by atoms with van der Waals surface area (Å²) >= 11 is 0. The van der Waals surface area contributed by atoms with Gasteiger partial charge in [-0.1, -0.05) is 23.4 Å². The standard InChI is InChI=1S/C14H18FN3O5S/c15-11-6-2-1-5-10(11)13-12(9-21-24(19,20)18-17-16)22-14(23-13)7-3-4-8-14/h1-2,5-6,12-13H,3-4,7-9H2,(H2,16,18)/t12-,13-/m0/s1. The third-order valence-electron chi connectivity index (χ3n) is 4.15. The van der Waals surface area contributed by atoms with Gasteiger partial charge in [0.2, 0.25) is 0 Å². The van der Waals surface area contributed by atoms with E-state index in [2.05, 4.69) is 9.74 Å². The molecule has 0 radical (unpaired) electrons. The Bertz CT molecular complexity index is 721. The van der Waals surface area contributed by atoms with Gasteiger partial charge >= 0.3 is 10.3 Å². The van der Waals surface area contributed by atoms with Crippen LogP contribution in [0.25, 0.3) is 0 Å². The predicted octanol–water partition coefficient (Wildman–Crippen LogP) is 2.14. The largest absolute Gasteiger partial charge is 0.400 e. The van der Waals surface area contributed by atoms with Gasteiger partial charge in [-0.05, 0) is 23.4 Å². The molecule has 1 saturated carbocycles. The molecule has 0 unspecified atom stereocenters. The molecule has 24 heavy (non-hydrogen) atoms. The highest BCUT2D eigenvalue weighted by molar-refractivity contribution is 7.85. The van der Waals surface area contributed by atoms with Crippen molar-refractivity contribution < 1.29 is 26.5 Å². The molecule has 1 saturated heterocycles. The van der Waals surface area contributed by atoms with E-state index in [1.165, 1.54) is 6.07 Å². The van der Waals surface area contributed by atoms with E-state index >= 15 is 0 Å². The lowest BCUT2D eigenvalue weighted by Crippen LogP contribution is -2.28. The van der Waals surface area contributed by atoms with E-state index in [0.29, 0.717) is 18.4 Å². The number of benzene rings is 1. The summed E-state index contributed by atoms with van der Waals surface area (Å²) in [5.41, 5.74) is 0.299. The number of hydrogen-bond donors (Lipinski definition) is 1. The Kier molecular flexibility index (Phi) is 4.81. The van der Waals surface area contributed by atoms with Gasteiger partial charge in [0.25, 0.3) is 0 Å². The average Bonchev–Trinajstić information content (AvgIpc) is 3.13. The summed E-state index contributed by atoms with van der Waals surface area (Å²) in [7, 11) is -4.27. The van der Waals surface area contributed by atoms with Gasteiger partial charge < -0.3 is 15.3 Å². The zero-order valence-electron chi connectivity index (χ0n) is 12.8. The Hall–Kier alpha value is -1.62. The molecule has 1 heterocycles. The summed E-state index contributed by atoms with van der Waals surface area (Å²) in [6.07, 6.45) is 1.64.